The predicted molar refractivity (Wildman–Crippen MR) is 176 cm³/mol. The van der Waals surface area contributed by atoms with Gasteiger partial charge in [0.05, 0.1) is 55.2 Å². The number of amides is 1. The van der Waals surface area contributed by atoms with E-state index >= 15 is 0 Å². The number of aliphatic hydroxyl groups excluding tert-OH is 1. The van der Waals surface area contributed by atoms with Crippen molar-refractivity contribution < 1.29 is 38.5 Å². The Morgan fingerprint density at radius 1 is 1.30 bits per heavy atom. The average molecular weight is 656 g/mol. The van der Waals surface area contributed by atoms with Crippen LogP contribution >= 0.6 is 0 Å². The minimum atomic E-state index is -0.900. The SMILES string of the molecule is C=Nc1cccnc1N(N)OC(=O)C[C@@H]1CC2(CO2)CC(/C=C/C(C)=C/CC2OC(C)[C@H](NC(=O)/C=C\C(C)OC(C)O)CC2C)O1. The lowest BCUT2D eigenvalue weighted by Crippen LogP contribution is -2.50. The highest BCUT2D eigenvalue weighted by atomic mass is 16.7. The quantitative estimate of drug-likeness (QED) is 0.0507. The van der Waals surface area contributed by atoms with Gasteiger partial charge in [-0.2, -0.15) is 0 Å². The number of anilines is 1. The van der Waals surface area contributed by atoms with Crippen LogP contribution in [0.5, 0.6) is 0 Å². The van der Waals surface area contributed by atoms with E-state index in [0.717, 1.165) is 23.6 Å². The molecule has 0 aromatic carbocycles. The van der Waals surface area contributed by atoms with Crippen LogP contribution in [0.15, 0.2) is 59.3 Å². The summed E-state index contributed by atoms with van der Waals surface area (Å²) >= 11 is 0. The number of aliphatic hydroxyl groups is 1. The number of hydrazine groups is 1. The van der Waals surface area contributed by atoms with E-state index in [0.29, 0.717) is 25.1 Å². The highest BCUT2D eigenvalue weighted by molar-refractivity contribution is 5.87. The number of carbonyl (C=O) groups excluding carboxylic acids is 2. The third-order valence-electron chi connectivity index (χ3n) is 8.55. The Bertz CT molecular complexity index is 1330. The molecule has 4 N–H and O–H groups in total. The molecular weight excluding hydrogens is 606 g/mol. The molecule has 0 saturated carbocycles. The molecular formula is C34H49N5O8. The third kappa shape index (κ3) is 11.1. The standard InChI is InChI=1S/C34H49N5O8/c1-21(10-13-30-22(2)16-29(24(4)45-30)38-31(41)14-11-23(3)44-25(5)40)9-12-26-18-34(20-43-34)19-27(46-26)17-32(42)47-39(35)33-28(36-6)8-7-15-37-33/h7-12,14-15,22-27,29-30,40H,6,13,16-20,35H2,1-5H3,(H,38,41)/b12-9+,14-11-,21-10+/t22?,23?,24?,25?,26?,27-,29-,30?,34?/m1/s1. The van der Waals surface area contributed by atoms with E-state index in [-0.39, 0.29) is 60.1 Å². The molecule has 0 bridgehead atoms. The number of aliphatic imine (C=N–C) groups is 1. The lowest BCUT2D eigenvalue weighted by Gasteiger charge is -2.39. The number of hydrogen-bond acceptors (Lipinski definition) is 12. The molecule has 0 radical (unpaired) electrons. The number of nitrogens with two attached hydrogens (primary N) is 1. The lowest BCUT2D eigenvalue weighted by atomic mass is 9.88. The summed E-state index contributed by atoms with van der Waals surface area (Å²) in [7, 11) is 0. The fraction of sp³-hybridized carbons (Fsp3) is 0.588. The number of ether oxygens (including phenoxy) is 4. The van der Waals surface area contributed by atoms with Crippen LogP contribution in [0.25, 0.3) is 0 Å². The molecule has 1 aromatic rings. The molecule has 47 heavy (non-hydrogen) atoms. The Kier molecular flexibility index (Phi) is 12.8. The highest BCUT2D eigenvalue weighted by Gasteiger charge is 2.51. The Balaban J connectivity index is 1.24. The second-order valence-corrected chi connectivity index (χ2v) is 12.7. The van der Waals surface area contributed by atoms with E-state index in [4.69, 9.17) is 29.6 Å². The molecule has 4 heterocycles. The van der Waals surface area contributed by atoms with Crippen molar-refractivity contribution in [1.29, 1.82) is 0 Å². The average Bonchev–Trinajstić information content (AvgIpc) is 3.76. The molecule has 4 rings (SSSR count). The molecule has 1 amide bonds. The van der Waals surface area contributed by atoms with Crippen LogP contribution in [0.3, 0.4) is 0 Å². The van der Waals surface area contributed by atoms with Crippen LogP contribution in [-0.2, 0) is 33.4 Å². The lowest BCUT2D eigenvalue weighted by molar-refractivity contribution is -0.151. The van der Waals surface area contributed by atoms with Gasteiger partial charge in [-0.05, 0) is 65.3 Å². The zero-order chi connectivity index (χ0) is 34.1. The summed E-state index contributed by atoms with van der Waals surface area (Å²) in [6, 6.07) is 3.24. The molecule has 7 unspecified atom stereocenters. The monoisotopic (exact) mass is 655 g/mol. The van der Waals surface area contributed by atoms with Crippen LogP contribution in [0.4, 0.5) is 11.5 Å². The van der Waals surface area contributed by atoms with E-state index in [2.05, 4.69) is 35.0 Å². The van der Waals surface area contributed by atoms with Gasteiger partial charge in [-0.1, -0.05) is 36.8 Å². The highest BCUT2D eigenvalue weighted by Crippen LogP contribution is 2.43. The van der Waals surface area contributed by atoms with E-state index in [1.54, 1.807) is 25.1 Å². The summed E-state index contributed by atoms with van der Waals surface area (Å²) in [5.41, 5.74) is 1.17. The van der Waals surface area contributed by atoms with Crippen molar-refractivity contribution >= 4 is 30.1 Å². The molecule has 3 aliphatic heterocycles. The first-order chi connectivity index (χ1) is 22.4. The number of epoxide rings is 1. The Morgan fingerprint density at radius 3 is 2.77 bits per heavy atom. The van der Waals surface area contributed by atoms with Gasteiger partial charge in [-0.25, -0.2) is 15.6 Å². The normalized spacial score (nSPS) is 30.7. The summed E-state index contributed by atoms with van der Waals surface area (Å²) in [5.74, 6) is 5.57. The van der Waals surface area contributed by atoms with Crippen LogP contribution in [0.2, 0.25) is 0 Å². The van der Waals surface area contributed by atoms with E-state index in [1.807, 2.05) is 26.0 Å². The number of rotatable bonds is 14. The molecule has 13 nitrogen and oxygen atoms in total. The van der Waals surface area contributed by atoms with Crippen molar-refractivity contribution in [3.8, 4) is 0 Å². The first-order valence-corrected chi connectivity index (χ1v) is 16.2. The molecule has 258 valence electrons. The van der Waals surface area contributed by atoms with Gasteiger partial charge in [0.1, 0.15) is 5.69 Å². The number of hydrogen-bond donors (Lipinski definition) is 3. The molecule has 0 aliphatic carbocycles. The number of carbonyl (C=O) groups is 2. The fourth-order valence-corrected chi connectivity index (χ4v) is 5.99. The smallest absolute Gasteiger partial charge is 0.337 e. The van der Waals surface area contributed by atoms with Gasteiger partial charge in [0.25, 0.3) is 0 Å². The fourth-order valence-electron chi connectivity index (χ4n) is 5.99. The van der Waals surface area contributed by atoms with Gasteiger partial charge < -0.3 is 34.2 Å². The van der Waals surface area contributed by atoms with Crippen molar-refractivity contribution in [3.05, 3.63) is 54.3 Å². The molecule has 13 heteroatoms. The Labute approximate surface area is 276 Å². The predicted octanol–water partition coefficient (Wildman–Crippen LogP) is 3.75. The van der Waals surface area contributed by atoms with Gasteiger partial charge >= 0.3 is 5.97 Å². The summed E-state index contributed by atoms with van der Waals surface area (Å²) < 4.78 is 23.6. The summed E-state index contributed by atoms with van der Waals surface area (Å²) in [6.45, 7) is 13.6. The minimum absolute atomic E-state index is 0.00497. The van der Waals surface area contributed by atoms with Gasteiger partial charge in [-0.3, -0.25) is 9.79 Å². The van der Waals surface area contributed by atoms with E-state index in [9.17, 15) is 14.7 Å². The van der Waals surface area contributed by atoms with Crippen LogP contribution in [0, 0.1) is 5.92 Å². The maximum Gasteiger partial charge on any atom is 0.337 e. The largest absolute Gasteiger partial charge is 0.373 e. The summed E-state index contributed by atoms with van der Waals surface area (Å²) in [4.78, 5) is 38.4. The van der Waals surface area contributed by atoms with Crippen LogP contribution < -0.4 is 16.3 Å². The maximum atomic E-state index is 12.7. The Hall–Kier alpha value is -3.46. The van der Waals surface area contributed by atoms with Crippen LogP contribution in [-0.4, -0.2) is 83.7 Å². The summed E-state index contributed by atoms with van der Waals surface area (Å²) in [6.07, 6.45) is 11.6. The zero-order valence-corrected chi connectivity index (χ0v) is 27.9. The van der Waals surface area contributed by atoms with Gasteiger partial charge in [-0.15, -0.1) is 5.17 Å². The molecule has 1 spiro atoms. The minimum Gasteiger partial charge on any atom is -0.373 e. The van der Waals surface area contributed by atoms with Gasteiger partial charge in [0.15, 0.2) is 6.29 Å². The third-order valence-corrected chi connectivity index (χ3v) is 8.55. The second kappa shape index (κ2) is 16.6. The Morgan fingerprint density at radius 2 is 2.06 bits per heavy atom. The summed E-state index contributed by atoms with van der Waals surface area (Å²) in [5, 5.41) is 13.1. The molecule has 1 aromatic heterocycles. The molecule has 3 fully saturated rings. The van der Waals surface area contributed by atoms with E-state index < -0.39 is 18.4 Å². The van der Waals surface area contributed by atoms with Crippen molar-refractivity contribution in [1.82, 2.24) is 10.3 Å². The van der Waals surface area contributed by atoms with Gasteiger partial charge in [0, 0.05) is 25.1 Å². The van der Waals surface area contributed by atoms with Gasteiger partial charge in [0.2, 0.25) is 11.7 Å². The number of nitrogens with zero attached hydrogens (tertiary/aromatic N) is 3. The van der Waals surface area contributed by atoms with Crippen LogP contribution in [0.1, 0.15) is 66.7 Å². The number of pyridine rings is 1. The number of aromatic nitrogens is 1. The molecule has 3 aliphatic rings. The number of nitrogens with one attached hydrogen (secondary N) is 1. The van der Waals surface area contributed by atoms with Crippen molar-refractivity contribution in [3.63, 3.8) is 0 Å². The molecule has 9 atom stereocenters. The zero-order valence-electron chi connectivity index (χ0n) is 27.9. The van der Waals surface area contributed by atoms with Crippen molar-refractivity contribution in [2.24, 2.45) is 16.8 Å². The second-order valence-electron chi connectivity index (χ2n) is 12.7. The molecule has 3 saturated heterocycles. The van der Waals surface area contributed by atoms with E-state index in [1.165, 1.54) is 19.2 Å². The topological polar surface area (TPSA) is 170 Å². The van der Waals surface area contributed by atoms with Crippen molar-refractivity contribution in [2.75, 3.05) is 11.8 Å². The first-order valence-electron chi connectivity index (χ1n) is 16.2. The maximum absolute atomic E-state index is 12.7. The van der Waals surface area contributed by atoms with Crippen molar-refractivity contribution in [2.45, 2.75) is 115 Å². The first kappa shape index (κ1) is 36.4. The number of allylic oxidation sites excluding steroid dienone is 2.